The molecule has 74 heavy (non-hydrogen) atoms. The molecule has 0 aromatic rings. The highest BCUT2D eigenvalue weighted by Gasteiger charge is 2.52. The Morgan fingerprint density at radius 3 is 1.68 bits per heavy atom. The summed E-state index contributed by atoms with van der Waals surface area (Å²) < 4.78 is 59.8. The lowest BCUT2D eigenvalue weighted by Crippen LogP contribution is -2.65. The second-order valence-electron chi connectivity index (χ2n) is 20.1. The summed E-state index contributed by atoms with van der Waals surface area (Å²) in [5, 5.41) is 94.4. The standard InChI is InChI=1S/C48H81N3O23/c1-9-26-30(12-52)73-34(43(60)41(26)58)18-67-13-28-20(2)70-33(16-66-11-10-27-36(49-23(5)53)31(15-65-8)71-21(3)39(27)56)38(51-25(7)55)46(28)69-19-35-44(61)42(59)29(47(74-35)48(63)64)14-68-17-32-37(50-24(6)54)45(62)40(57)22(4)72-32/h20-22,26-38,40-47,52,57-62H,9-19H2,1-8H3,(H,49,53)(H,50,54)(H,51,55)(H,63,64). The molecule has 0 spiro atoms. The van der Waals surface area contributed by atoms with Crippen LogP contribution in [0.3, 0.4) is 0 Å². The fourth-order valence-electron chi connectivity index (χ4n) is 10.9. The Balaban J connectivity index is 1.33. The number of carboxylic acids is 1. The number of aliphatic carboxylic acids is 1. The minimum absolute atomic E-state index is 0.00346. The molecule has 26 nitrogen and oxygen atoms in total. The Bertz CT molecular complexity index is 1820. The zero-order chi connectivity index (χ0) is 54.7. The van der Waals surface area contributed by atoms with E-state index >= 15 is 0 Å². The highest BCUT2D eigenvalue weighted by atomic mass is 16.6. The molecule has 0 aromatic carbocycles. The number of rotatable bonds is 24. The van der Waals surface area contributed by atoms with Crippen LogP contribution in [0.4, 0.5) is 0 Å². The van der Waals surface area contributed by atoms with Crippen LogP contribution in [0.25, 0.3) is 0 Å². The van der Waals surface area contributed by atoms with Crippen LogP contribution < -0.4 is 16.0 Å². The van der Waals surface area contributed by atoms with Gasteiger partial charge in [-0.1, -0.05) is 6.92 Å². The van der Waals surface area contributed by atoms with Gasteiger partial charge in [-0.25, -0.2) is 4.79 Å². The van der Waals surface area contributed by atoms with Crippen molar-refractivity contribution >= 4 is 29.5 Å². The van der Waals surface area contributed by atoms with Gasteiger partial charge in [-0.2, -0.15) is 0 Å². The van der Waals surface area contributed by atoms with Crippen molar-refractivity contribution in [3.8, 4) is 0 Å². The predicted molar refractivity (Wildman–Crippen MR) is 252 cm³/mol. The number of methoxy groups -OCH3 is 1. The molecule has 5 aliphatic rings. The molecule has 11 N–H and O–H groups in total. The average molecular weight is 1070 g/mol. The molecule has 5 saturated heterocycles. The van der Waals surface area contributed by atoms with Gasteiger partial charge in [-0.3, -0.25) is 19.2 Å². The van der Waals surface area contributed by atoms with Gasteiger partial charge in [0, 0.05) is 58.2 Å². The van der Waals surface area contributed by atoms with Gasteiger partial charge in [0.2, 0.25) is 17.7 Å². The molecule has 24 unspecified atom stereocenters. The zero-order valence-electron chi connectivity index (χ0n) is 43.3. The number of amides is 3. The van der Waals surface area contributed by atoms with Gasteiger partial charge < -0.3 is 104 Å². The van der Waals surface area contributed by atoms with E-state index in [4.69, 9.17) is 47.4 Å². The van der Waals surface area contributed by atoms with Crippen molar-refractivity contribution in [1.82, 2.24) is 16.0 Å². The third-order valence-corrected chi connectivity index (χ3v) is 14.8. The van der Waals surface area contributed by atoms with Gasteiger partial charge in [0.15, 0.2) is 11.9 Å². The molecular weight excluding hydrogens is 987 g/mol. The molecule has 26 heteroatoms. The Hall–Kier alpha value is -3.13. The van der Waals surface area contributed by atoms with Gasteiger partial charge in [0.25, 0.3) is 0 Å². The summed E-state index contributed by atoms with van der Waals surface area (Å²) in [5.41, 5.74) is 0. The van der Waals surface area contributed by atoms with Crippen molar-refractivity contribution in [2.24, 2.45) is 23.7 Å². The van der Waals surface area contributed by atoms with E-state index < -0.39 is 183 Å². The van der Waals surface area contributed by atoms with Crippen LogP contribution in [0.2, 0.25) is 0 Å². The molecule has 5 rings (SSSR count). The maximum atomic E-state index is 13.4. The number of ketones is 1. The number of nitrogens with one attached hydrogen (secondary N) is 3. The Labute approximate surface area is 430 Å². The van der Waals surface area contributed by atoms with Crippen LogP contribution in [0.15, 0.2) is 0 Å². The molecule has 5 heterocycles. The lowest BCUT2D eigenvalue weighted by molar-refractivity contribution is -0.247. The molecule has 0 bridgehead atoms. The number of ether oxygens (including phenoxy) is 10. The Morgan fingerprint density at radius 1 is 0.554 bits per heavy atom. The average Bonchev–Trinajstić information content (AvgIpc) is 3.33. The number of carbonyl (C=O) groups is 5. The maximum absolute atomic E-state index is 13.4. The minimum atomic E-state index is -1.77. The van der Waals surface area contributed by atoms with E-state index in [0.717, 1.165) is 0 Å². The van der Waals surface area contributed by atoms with Gasteiger partial charge >= 0.3 is 5.97 Å². The molecule has 0 radical (unpaired) electrons. The van der Waals surface area contributed by atoms with Crippen molar-refractivity contribution in [1.29, 1.82) is 0 Å². The quantitative estimate of drug-likeness (QED) is 0.0406. The SMILES string of the molecule is CCC1C(CO)OC(COCC2C(C)OC(COCCC3C(=O)C(C)OC(COC)C3NC(C)=O)C(NC(C)=O)C2OCC2OC(C(=O)O)C(COCC3OC(C)C(O)C(O)C3NC(C)=O)C(O)C2O)C(O)C1O. The molecule has 426 valence electrons. The fraction of sp³-hybridized carbons (Fsp3) is 0.896. The van der Waals surface area contributed by atoms with E-state index in [1.54, 1.807) is 20.8 Å². The Morgan fingerprint density at radius 2 is 1.08 bits per heavy atom. The van der Waals surface area contributed by atoms with Crippen molar-refractivity contribution in [2.75, 3.05) is 66.6 Å². The van der Waals surface area contributed by atoms with Crippen molar-refractivity contribution in [3.63, 3.8) is 0 Å². The number of hydrogen-bond acceptors (Lipinski definition) is 22. The first-order valence-corrected chi connectivity index (χ1v) is 25.4. The fourth-order valence-corrected chi connectivity index (χ4v) is 10.9. The maximum Gasteiger partial charge on any atom is 0.333 e. The zero-order valence-corrected chi connectivity index (χ0v) is 43.3. The number of hydrogen-bond donors (Lipinski definition) is 11. The number of carbonyl (C=O) groups excluding carboxylic acids is 4. The molecule has 24 atom stereocenters. The third-order valence-electron chi connectivity index (χ3n) is 14.8. The van der Waals surface area contributed by atoms with Crippen LogP contribution in [0.1, 0.15) is 61.3 Å². The van der Waals surface area contributed by atoms with Crippen LogP contribution in [-0.4, -0.2) is 259 Å². The van der Waals surface area contributed by atoms with Crippen LogP contribution in [-0.2, 0) is 71.3 Å². The summed E-state index contributed by atoms with van der Waals surface area (Å²) in [6, 6.07) is -2.84. The summed E-state index contributed by atoms with van der Waals surface area (Å²) in [5.74, 6) is -6.51. The third kappa shape index (κ3) is 15.3. The monoisotopic (exact) mass is 1070 g/mol. The number of Topliss-reactive ketones (excluding diaryl/α,β-unsaturated/α-hetero) is 1. The first-order valence-electron chi connectivity index (χ1n) is 25.4. The van der Waals surface area contributed by atoms with Gasteiger partial charge in [0.1, 0.15) is 61.0 Å². The number of aliphatic hydroxyl groups is 7. The molecular formula is C48H81N3O23. The minimum Gasteiger partial charge on any atom is -0.479 e. The molecule has 0 aliphatic carbocycles. The summed E-state index contributed by atoms with van der Waals surface area (Å²) in [4.78, 5) is 63.2. The van der Waals surface area contributed by atoms with Crippen molar-refractivity contribution in [3.05, 3.63) is 0 Å². The van der Waals surface area contributed by atoms with E-state index in [0.29, 0.717) is 6.42 Å². The topological polar surface area (TPSA) is 376 Å². The van der Waals surface area contributed by atoms with E-state index in [2.05, 4.69) is 16.0 Å². The molecule has 5 aliphatic heterocycles. The Kier molecular flexibility index (Phi) is 23.8. The lowest BCUT2D eigenvalue weighted by atomic mass is 9.83. The van der Waals surface area contributed by atoms with E-state index in [9.17, 15) is 64.8 Å². The first-order chi connectivity index (χ1) is 35.0. The van der Waals surface area contributed by atoms with Crippen LogP contribution in [0.5, 0.6) is 0 Å². The smallest absolute Gasteiger partial charge is 0.333 e. The normalized spacial score (nSPS) is 41.8. The van der Waals surface area contributed by atoms with Gasteiger partial charge in [-0.05, 0) is 33.6 Å². The van der Waals surface area contributed by atoms with Crippen molar-refractivity contribution < 1.29 is 112 Å². The lowest BCUT2D eigenvalue weighted by Gasteiger charge is -2.47. The highest BCUT2D eigenvalue weighted by molar-refractivity contribution is 5.87. The molecule has 0 saturated carbocycles. The van der Waals surface area contributed by atoms with Crippen molar-refractivity contribution in [2.45, 2.75) is 183 Å². The number of carboxylic acid groups (broad SMARTS) is 1. The summed E-state index contributed by atoms with van der Waals surface area (Å²) in [6.07, 6.45) is -19.4. The van der Waals surface area contributed by atoms with E-state index in [1.807, 2.05) is 0 Å². The van der Waals surface area contributed by atoms with Crippen LogP contribution >= 0.6 is 0 Å². The second kappa shape index (κ2) is 28.5. The predicted octanol–water partition coefficient (Wildman–Crippen LogP) is -4.45. The molecule has 3 amide bonds. The second-order valence-corrected chi connectivity index (χ2v) is 20.1. The summed E-state index contributed by atoms with van der Waals surface area (Å²) in [6.45, 7) is 8.16. The molecule has 0 aromatic heterocycles. The van der Waals surface area contributed by atoms with Gasteiger partial charge in [-0.15, -0.1) is 0 Å². The first kappa shape index (κ1) is 61.7. The van der Waals surface area contributed by atoms with Crippen LogP contribution in [0, 0.1) is 23.7 Å². The molecule has 5 fully saturated rings. The largest absolute Gasteiger partial charge is 0.479 e. The summed E-state index contributed by atoms with van der Waals surface area (Å²) >= 11 is 0. The highest BCUT2D eigenvalue weighted by Crippen LogP contribution is 2.35. The van der Waals surface area contributed by atoms with Gasteiger partial charge in [0.05, 0.1) is 108 Å². The van der Waals surface area contributed by atoms with E-state index in [-0.39, 0.29) is 57.8 Å². The van der Waals surface area contributed by atoms with E-state index in [1.165, 1.54) is 34.8 Å². The number of aliphatic hydroxyl groups excluding tert-OH is 7. The summed E-state index contributed by atoms with van der Waals surface area (Å²) in [7, 11) is 1.48.